The fourth-order valence-electron chi connectivity index (χ4n) is 2.06. The number of rotatable bonds is 2. The molecule has 1 amide bonds. The number of aromatic amines is 1. The third kappa shape index (κ3) is 2.20. The first-order valence-corrected chi connectivity index (χ1v) is 6.05. The van der Waals surface area contributed by atoms with Crippen LogP contribution in [0.3, 0.4) is 0 Å². The molecule has 0 spiro atoms. The van der Waals surface area contributed by atoms with Gasteiger partial charge in [0, 0.05) is 22.8 Å². The molecule has 0 fully saturated rings. The monoisotopic (exact) mass is 251 g/mol. The Bertz CT molecular complexity index is 746. The highest BCUT2D eigenvalue weighted by atomic mass is 16.1. The maximum atomic E-state index is 12.2. The number of nitrogens with zero attached hydrogens (tertiary/aromatic N) is 1. The molecular weight excluding hydrogens is 238 g/mol. The molecule has 94 valence electrons. The van der Waals surface area contributed by atoms with Gasteiger partial charge in [-0.05, 0) is 25.1 Å². The average molecular weight is 251 g/mol. The molecule has 0 aliphatic rings. The number of benzene rings is 1. The van der Waals surface area contributed by atoms with Gasteiger partial charge in [-0.25, -0.2) is 4.98 Å². The van der Waals surface area contributed by atoms with E-state index in [1.807, 2.05) is 43.3 Å². The maximum Gasteiger partial charge on any atom is 0.258 e. The summed E-state index contributed by atoms with van der Waals surface area (Å²) in [5.41, 5.74) is 2.44. The summed E-state index contributed by atoms with van der Waals surface area (Å²) < 4.78 is 0. The van der Waals surface area contributed by atoms with E-state index in [1.54, 1.807) is 12.3 Å². The number of para-hydroxylation sites is 1. The van der Waals surface area contributed by atoms with E-state index in [1.165, 1.54) is 0 Å². The van der Waals surface area contributed by atoms with Gasteiger partial charge in [0.05, 0.1) is 5.56 Å². The minimum absolute atomic E-state index is 0.157. The van der Waals surface area contributed by atoms with Crippen molar-refractivity contribution in [1.29, 1.82) is 0 Å². The van der Waals surface area contributed by atoms with Gasteiger partial charge < -0.3 is 10.3 Å². The van der Waals surface area contributed by atoms with Crippen LogP contribution in [0.25, 0.3) is 10.9 Å². The number of fused-ring (bicyclic) bond motifs is 1. The third-order valence-corrected chi connectivity index (χ3v) is 2.96. The summed E-state index contributed by atoms with van der Waals surface area (Å²) in [6.45, 7) is 1.89. The Morgan fingerprint density at radius 2 is 2.00 bits per heavy atom. The molecule has 4 nitrogen and oxygen atoms in total. The molecule has 2 N–H and O–H groups in total. The first-order chi connectivity index (χ1) is 9.24. The molecule has 19 heavy (non-hydrogen) atoms. The number of aryl methyl sites for hydroxylation is 1. The molecule has 0 atom stereocenters. The van der Waals surface area contributed by atoms with Crippen LogP contribution < -0.4 is 5.32 Å². The minimum atomic E-state index is -0.157. The van der Waals surface area contributed by atoms with E-state index in [0.29, 0.717) is 11.4 Å². The summed E-state index contributed by atoms with van der Waals surface area (Å²) in [6.07, 6.45) is 1.72. The second-order valence-corrected chi connectivity index (χ2v) is 4.37. The largest absolute Gasteiger partial charge is 0.360 e. The molecular formula is C15H13N3O. The quantitative estimate of drug-likeness (QED) is 0.735. The molecule has 2 aromatic heterocycles. The van der Waals surface area contributed by atoms with Gasteiger partial charge in [0.25, 0.3) is 5.91 Å². The lowest BCUT2D eigenvalue weighted by Gasteiger charge is -2.04. The van der Waals surface area contributed by atoms with E-state index in [-0.39, 0.29) is 5.91 Å². The van der Waals surface area contributed by atoms with Crippen molar-refractivity contribution in [1.82, 2.24) is 9.97 Å². The van der Waals surface area contributed by atoms with Gasteiger partial charge in [-0.2, -0.15) is 0 Å². The van der Waals surface area contributed by atoms with Gasteiger partial charge in [0.2, 0.25) is 0 Å². The molecule has 0 saturated heterocycles. The molecule has 0 unspecified atom stereocenters. The maximum absolute atomic E-state index is 12.2. The number of nitrogens with one attached hydrogen (secondary N) is 2. The number of carbonyl (C=O) groups is 1. The van der Waals surface area contributed by atoms with Gasteiger partial charge in [-0.3, -0.25) is 4.79 Å². The van der Waals surface area contributed by atoms with Gasteiger partial charge in [0.15, 0.2) is 0 Å². The van der Waals surface area contributed by atoms with Crippen LogP contribution in [0.1, 0.15) is 16.1 Å². The summed E-state index contributed by atoms with van der Waals surface area (Å²) in [4.78, 5) is 19.6. The fraction of sp³-hybridized carbons (Fsp3) is 0.0667. The second kappa shape index (κ2) is 4.57. The molecule has 1 aromatic carbocycles. The minimum Gasteiger partial charge on any atom is -0.360 e. The van der Waals surface area contributed by atoms with Crippen molar-refractivity contribution in [3.8, 4) is 0 Å². The zero-order chi connectivity index (χ0) is 13.2. The molecule has 3 rings (SSSR count). The number of pyridine rings is 1. The average Bonchev–Trinajstić information content (AvgIpc) is 2.82. The summed E-state index contributed by atoms with van der Waals surface area (Å²) in [7, 11) is 0. The van der Waals surface area contributed by atoms with Crippen LogP contribution >= 0.6 is 0 Å². The molecule has 2 heterocycles. The second-order valence-electron chi connectivity index (χ2n) is 4.37. The third-order valence-electron chi connectivity index (χ3n) is 2.96. The lowest BCUT2D eigenvalue weighted by molar-refractivity contribution is 0.102. The van der Waals surface area contributed by atoms with E-state index in [2.05, 4.69) is 15.3 Å². The Morgan fingerprint density at radius 3 is 2.84 bits per heavy atom. The van der Waals surface area contributed by atoms with Crippen molar-refractivity contribution in [2.45, 2.75) is 6.92 Å². The zero-order valence-electron chi connectivity index (χ0n) is 10.5. The molecule has 0 saturated carbocycles. The van der Waals surface area contributed by atoms with Crippen molar-refractivity contribution in [3.05, 3.63) is 59.9 Å². The number of H-pyrrole nitrogens is 1. The van der Waals surface area contributed by atoms with E-state index < -0.39 is 0 Å². The lowest BCUT2D eigenvalue weighted by Crippen LogP contribution is -2.12. The molecule has 0 radical (unpaired) electrons. The van der Waals surface area contributed by atoms with Crippen LogP contribution in [0.5, 0.6) is 0 Å². The number of carbonyl (C=O) groups excluding carboxylic acids is 1. The zero-order valence-corrected chi connectivity index (χ0v) is 10.5. The first-order valence-electron chi connectivity index (χ1n) is 6.05. The van der Waals surface area contributed by atoms with Gasteiger partial charge in [-0.15, -0.1) is 0 Å². The van der Waals surface area contributed by atoms with Crippen molar-refractivity contribution in [2.24, 2.45) is 0 Å². The molecule has 0 aliphatic carbocycles. The molecule has 0 bridgehead atoms. The normalized spacial score (nSPS) is 10.6. The molecule has 3 aromatic rings. The van der Waals surface area contributed by atoms with Gasteiger partial charge in [-0.1, -0.05) is 24.3 Å². The predicted molar refractivity (Wildman–Crippen MR) is 75.2 cm³/mol. The Hall–Kier alpha value is -2.62. The van der Waals surface area contributed by atoms with Crippen molar-refractivity contribution < 1.29 is 4.79 Å². The van der Waals surface area contributed by atoms with Crippen molar-refractivity contribution in [2.75, 3.05) is 5.32 Å². The van der Waals surface area contributed by atoms with Crippen LogP contribution in [0.4, 0.5) is 5.82 Å². The molecule has 4 heteroatoms. The number of anilines is 1. The first kappa shape index (κ1) is 11.5. The summed E-state index contributed by atoms with van der Waals surface area (Å²) in [5, 5.41) is 3.72. The van der Waals surface area contributed by atoms with E-state index in [9.17, 15) is 4.79 Å². The summed E-state index contributed by atoms with van der Waals surface area (Å²) in [6, 6.07) is 13.2. The van der Waals surface area contributed by atoms with Crippen LogP contribution in [0, 0.1) is 6.92 Å². The highest BCUT2D eigenvalue weighted by molar-refractivity contribution is 6.12. The topological polar surface area (TPSA) is 57.8 Å². The van der Waals surface area contributed by atoms with Crippen LogP contribution in [-0.2, 0) is 0 Å². The Balaban J connectivity index is 1.92. The van der Waals surface area contributed by atoms with Crippen LogP contribution in [0.15, 0.2) is 48.7 Å². The standard InChI is InChI=1S/C15H13N3O/c1-10-5-4-8-14(17-10)18-15(19)12-9-16-13-7-3-2-6-11(12)13/h2-9,16H,1H3,(H,17,18,19). The van der Waals surface area contributed by atoms with Gasteiger partial charge >= 0.3 is 0 Å². The Morgan fingerprint density at radius 1 is 1.16 bits per heavy atom. The SMILES string of the molecule is Cc1cccc(NC(=O)c2c[nH]c3ccccc23)n1. The van der Waals surface area contributed by atoms with Crippen LogP contribution in [0.2, 0.25) is 0 Å². The van der Waals surface area contributed by atoms with Crippen molar-refractivity contribution >= 4 is 22.6 Å². The van der Waals surface area contributed by atoms with Gasteiger partial charge in [0.1, 0.15) is 5.82 Å². The lowest BCUT2D eigenvalue weighted by atomic mass is 10.1. The summed E-state index contributed by atoms with van der Waals surface area (Å²) >= 11 is 0. The smallest absolute Gasteiger partial charge is 0.258 e. The highest BCUT2D eigenvalue weighted by Crippen LogP contribution is 2.18. The number of aromatic nitrogens is 2. The van der Waals surface area contributed by atoms with E-state index in [0.717, 1.165) is 16.6 Å². The van der Waals surface area contributed by atoms with Crippen molar-refractivity contribution in [3.63, 3.8) is 0 Å². The van der Waals surface area contributed by atoms with E-state index >= 15 is 0 Å². The highest BCUT2D eigenvalue weighted by Gasteiger charge is 2.12. The fourth-order valence-corrected chi connectivity index (χ4v) is 2.06. The predicted octanol–water partition coefficient (Wildman–Crippen LogP) is 3.12. The Kier molecular flexibility index (Phi) is 2.76. The number of hydrogen-bond donors (Lipinski definition) is 2. The van der Waals surface area contributed by atoms with Crippen LogP contribution in [-0.4, -0.2) is 15.9 Å². The molecule has 0 aliphatic heterocycles. The van der Waals surface area contributed by atoms with E-state index in [4.69, 9.17) is 0 Å². The number of hydrogen-bond acceptors (Lipinski definition) is 2. The number of amides is 1. The Labute approximate surface area is 110 Å². The summed E-state index contributed by atoms with van der Waals surface area (Å²) in [5.74, 6) is 0.408.